The van der Waals surface area contributed by atoms with Crippen LogP contribution in [0.5, 0.6) is 0 Å². The molecule has 0 bridgehead atoms. The van der Waals surface area contributed by atoms with Gasteiger partial charge in [0.15, 0.2) is 0 Å². The molecule has 2 nitrogen and oxygen atoms in total. The Kier molecular flexibility index (Phi) is 11.0. The van der Waals surface area contributed by atoms with Crippen LogP contribution in [0, 0.1) is 17.8 Å². The van der Waals surface area contributed by atoms with Crippen molar-refractivity contribution in [3.63, 3.8) is 0 Å². The molecular weight excluding hydrogens is 375 g/mol. The van der Waals surface area contributed by atoms with E-state index < -0.39 is 0 Å². The van der Waals surface area contributed by atoms with Gasteiger partial charge in [-0.25, -0.2) is 0 Å². The van der Waals surface area contributed by atoms with Gasteiger partial charge in [0.2, 0.25) is 0 Å². The SMILES string of the molecule is Cl.Cl.[CH2]C(CC1NCCC12CCC(CCC)(CCC)CC2)N1CCCCC1. The summed E-state index contributed by atoms with van der Waals surface area (Å²) in [4.78, 5) is 2.67. The average Bonchev–Trinajstić information content (AvgIpc) is 3.01. The van der Waals surface area contributed by atoms with Gasteiger partial charge < -0.3 is 10.2 Å². The van der Waals surface area contributed by atoms with Crippen LogP contribution >= 0.6 is 24.8 Å². The topological polar surface area (TPSA) is 15.3 Å². The fraction of sp³-hybridized carbons (Fsp3) is 0.957. The first-order chi connectivity index (χ1) is 12.1. The molecule has 2 saturated heterocycles. The minimum absolute atomic E-state index is 0. The molecule has 1 saturated carbocycles. The highest BCUT2D eigenvalue weighted by molar-refractivity contribution is 5.85. The van der Waals surface area contributed by atoms with E-state index in [0.29, 0.717) is 16.9 Å². The molecule has 0 amide bonds. The first-order valence-electron chi connectivity index (χ1n) is 11.4. The van der Waals surface area contributed by atoms with E-state index in [1.165, 1.54) is 103 Å². The smallest absolute Gasteiger partial charge is 0.0139 e. The largest absolute Gasteiger partial charge is 0.313 e. The predicted octanol–water partition coefficient (Wildman–Crippen LogP) is 6.42. The molecule has 3 rings (SSSR count). The Morgan fingerprint density at radius 3 is 2.07 bits per heavy atom. The summed E-state index contributed by atoms with van der Waals surface area (Å²) in [6.07, 6.45) is 18.4. The molecule has 0 aromatic carbocycles. The van der Waals surface area contributed by atoms with Gasteiger partial charge in [-0.15, -0.1) is 24.8 Å². The van der Waals surface area contributed by atoms with Crippen molar-refractivity contribution in [2.24, 2.45) is 10.8 Å². The lowest BCUT2D eigenvalue weighted by molar-refractivity contribution is 0.0423. The zero-order chi connectivity index (χ0) is 17.8. The Labute approximate surface area is 181 Å². The lowest BCUT2D eigenvalue weighted by atomic mass is 9.58. The number of hydrogen-bond donors (Lipinski definition) is 1. The summed E-state index contributed by atoms with van der Waals surface area (Å²) in [6, 6.07) is 1.24. The summed E-state index contributed by atoms with van der Waals surface area (Å²) >= 11 is 0. The third-order valence-corrected chi connectivity index (χ3v) is 8.03. The van der Waals surface area contributed by atoms with Gasteiger partial charge in [-0.05, 0) is 102 Å². The van der Waals surface area contributed by atoms with E-state index in [1.807, 2.05) is 0 Å². The zero-order valence-electron chi connectivity index (χ0n) is 17.9. The third-order valence-electron chi connectivity index (χ3n) is 8.03. The van der Waals surface area contributed by atoms with Gasteiger partial charge in [0.05, 0.1) is 0 Å². The second kappa shape index (κ2) is 11.6. The predicted molar refractivity (Wildman–Crippen MR) is 123 cm³/mol. The van der Waals surface area contributed by atoms with Gasteiger partial charge in [-0.3, -0.25) is 0 Å². The van der Waals surface area contributed by atoms with Gasteiger partial charge in [0.25, 0.3) is 0 Å². The Bertz CT molecular complexity index is 393. The van der Waals surface area contributed by atoms with Crippen molar-refractivity contribution in [1.82, 2.24) is 10.2 Å². The van der Waals surface area contributed by atoms with Crippen molar-refractivity contribution in [1.29, 1.82) is 0 Å². The summed E-state index contributed by atoms with van der Waals surface area (Å²) in [5.74, 6) is 0. The number of nitrogens with zero attached hydrogens (tertiary/aromatic N) is 1. The van der Waals surface area contributed by atoms with Gasteiger partial charge in [-0.2, -0.15) is 0 Å². The Balaban J connectivity index is 0.00000182. The van der Waals surface area contributed by atoms with Gasteiger partial charge in [-0.1, -0.05) is 33.1 Å². The molecule has 3 fully saturated rings. The monoisotopic (exact) mass is 419 g/mol. The summed E-state index contributed by atoms with van der Waals surface area (Å²) in [6.45, 7) is 13.1. The minimum atomic E-state index is 0. The van der Waals surface area contributed by atoms with Crippen LogP contribution in [0.25, 0.3) is 0 Å². The second-order valence-electron chi connectivity index (χ2n) is 9.61. The highest BCUT2D eigenvalue weighted by atomic mass is 35.5. The van der Waals surface area contributed by atoms with E-state index in [9.17, 15) is 0 Å². The van der Waals surface area contributed by atoms with E-state index >= 15 is 0 Å². The molecule has 3 aliphatic rings. The van der Waals surface area contributed by atoms with Gasteiger partial charge in [0.1, 0.15) is 0 Å². The molecule has 1 N–H and O–H groups in total. The van der Waals surface area contributed by atoms with Crippen LogP contribution in [0.3, 0.4) is 0 Å². The van der Waals surface area contributed by atoms with Gasteiger partial charge >= 0.3 is 0 Å². The summed E-state index contributed by atoms with van der Waals surface area (Å²) < 4.78 is 0. The molecule has 2 unspecified atom stereocenters. The van der Waals surface area contributed by atoms with Crippen molar-refractivity contribution in [3.8, 4) is 0 Å². The van der Waals surface area contributed by atoms with Crippen molar-refractivity contribution in [2.75, 3.05) is 19.6 Å². The molecule has 161 valence electrons. The summed E-state index contributed by atoms with van der Waals surface area (Å²) in [5, 5.41) is 3.91. The number of likely N-dealkylation sites (tertiary alicyclic amines) is 1. The van der Waals surface area contributed by atoms with Crippen LogP contribution in [0.2, 0.25) is 0 Å². The zero-order valence-corrected chi connectivity index (χ0v) is 19.6. The highest BCUT2D eigenvalue weighted by Crippen LogP contribution is 2.54. The summed E-state index contributed by atoms with van der Waals surface area (Å²) in [5.41, 5.74) is 1.27. The lowest BCUT2D eigenvalue weighted by Gasteiger charge is -2.48. The van der Waals surface area contributed by atoms with Crippen molar-refractivity contribution >= 4 is 24.8 Å². The van der Waals surface area contributed by atoms with Crippen LogP contribution in [-0.4, -0.2) is 36.6 Å². The van der Waals surface area contributed by atoms with Crippen molar-refractivity contribution < 1.29 is 0 Å². The average molecular weight is 421 g/mol. The van der Waals surface area contributed by atoms with Crippen LogP contribution in [0.4, 0.5) is 0 Å². The quantitative estimate of drug-likeness (QED) is 0.511. The number of hydrogen-bond acceptors (Lipinski definition) is 2. The second-order valence-corrected chi connectivity index (χ2v) is 9.61. The van der Waals surface area contributed by atoms with Crippen LogP contribution in [0.15, 0.2) is 0 Å². The first kappa shape index (κ1) is 25.5. The molecular formula is C23H45Cl2N2. The first-order valence-corrected chi connectivity index (χ1v) is 11.4. The van der Waals surface area contributed by atoms with E-state index in [4.69, 9.17) is 0 Å². The molecule has 0 aromatic heterocycles. The van der Waals surface area contributed by atoms with Crippen LogP contribution in [0.1, 0.15) is 97.3 Å². The maximum atomic E-state index is 4.58. The van der Waals surface area contributed by atoms with E-state index in [0.717, 1.165) is 6.04 Å². The Hall–Kier alpha value is 0.500. The molecule has 1 aliphatic carbocycles. The molecule has 4 heteroatoms. The van der Waals surface area contributed by atoms with Gasteiger partial charge in [0, 0.05) is 12.1 Å². The number of halogens is 2. The van der Waals surface area contributed by atoms with Crippen LogP contribution < -0.4 is 5.32 Å². The number of nitrogens with one attached hydrogen (secondary N) is 1. The summed E-state index contributed by atoms with van der Waals surface area (Å²) in [7, 11) is 0. The fourth-order valence-electron chi connectivity index (χ4n) is 6.49. The molecule has 1 radical (unpaired) electrons. The number of rotatable bonds is 7. The maximum Gasteiger partial charge on any atom is 0.0139 e. The number of piperidine rings is 1. The van der Waals surface area contributed by atoms with Crippen molar-refractivity contribution in [2.45, 2.75) is 109 Å². The van der Waals surface area contributed by atoms with Crippen LogP contribution in [-0.2, 0) is 0 Å². The van der Waals surface area contributed by atoms with Crippen molar-refractivity contribution in [3.05, 3.63) is 6.92 Å². The molecule has 2 aliphatic heterocycles. The lowest BCUT2D eigenvalue weighted by Crippen LogP contribution is -2.47. The molecule has 2 heterocycles. The van der Waals surface area contributed by atoms with E-state index in [2.05, 4.69) is 31.0 Å². The van der Waals surface area contributed by atoms with E-state index in [1.54, 1.807) is 0 Å². The molecule has 0 aromatic rings. The maximum absolute atomic E-state index is 4.58. The molecule has 2 atom stereocenters. The highest BCUT2D eigenvalue weighted by Gasteiger charge is 2.48. The minimum Gasteiger partial charge on any atom is -0.313 e. The molecule has 1 spiro atoms. The Morgan fingerprint density at radius 1 is 0.926 bits per heavy atom. The van der Waals surface area contributed by atoms with E-state index in [-0.39, 0.29) is 24.8 Å². The Morgan fingerprint density at radius 2 is 1.52 bits per heavy atom. The molecule has 27 heavy (non-hydrogen) atoms. The fourth-order valence-corrected chi connectivity index (χ4v) is 6.49. The standard InChI is InChI=1S/C23H43N2.2ClH/c1-4-9-22(10-5-2)11-13-23(14-12-22)15-16-24-21(23)19-20(3)25-17-7-6-8-18-25;;/h20-21,24H,3-19H2,1-2H3;2*1H. The third kappa shape index (κ3) is 6.00. The normalized spacial score (nSPS) is 28.3.